The van der Waals surface area contributed by atoms with Gasteiger partial charge in [0.1, 0.15) is 6.61 Å². The topological polar surface area (TPSA) is 53.9 Å². The van der Waals surface area contributed by atoms with Crippen molar-refractivity contribution in [2.75, 3.05) is 13.1 Å². The van der Waals surface area contributed by atoms with Gasteiger partial charge in [0.2, 0.25) is 0 Å². The van der Waals surface area contributed by atoms with E-state index in [4.69, 9.17) is 4.74 Å². The normalized spacial score (nSPS) is 20.7. The Labute approximate surface area is 162 Å². The first-order valence-electron chi connectivity index (χ1n) is 9.84. The van der Waals surface area contributed by atoms with Crippen LogP contribution in [-0.2, 0) is 11.3 Å². The van der Waals surface area contributed by atoms with Gasteiger partial charge in [0, 0.05) is 18.6 Å². The van der Waals surface area contributed by atoms with Crippen molar-refractivity contribution in [3.05, 3.63) is 48.0 Å². The molecule has 1 amide bonds. The molecular weight excluding hydrogens is 338 g/mol. The first kappa shape index (κ1) is 19.5. The molecule has 0 atom stereocenters. The third-order valence-corrected chi connectivity index (χ3v) is 5.27. The summed E-state index contributed by atoms with van der Waals surface area (Å²) < 4.78 is 5.47. The number of carbonyl (C=O) groups is 1. The third-order valence-electron chi connectivity index (χ3n) is 5.27. The zero-order chi connectivity index (χ0) is 19.3. The van der Waals surface area contributed by atoms with Crippen molar-refractivity contribution >= 4 is 11.8 Å². The van der Waals surface area contributed by atoms with E-state index < -0.39 is 0 Å². The van der Waals surface area contributed by atoms with Crippen molar-refractivity contribution < 1.29 is 9.53 Å². The fourth-order valence-corrected chi connectivity index (χ4v) is 3.51. The predicted octanol–water partition coefficient (Wildman–Crippen LogP) is 4.50. The van der Waals surface area contributed by atoms with Gasteiger partial charge in [0.15, 0.2) is 0 Å². The second-order valence-corrected chi connectivity index (χ2v) is 8.69. The second-order valence-electron chi connectivity index (χ2n) is 8.69. The molecule has 1 fully saturated rings. The predicted molar refractivity (Wildman–Crippen MR) is 109 cm³/mol. The van der Waals surface area contributed by atoms with Gasteiger partial charge in [-0.2, -0.15) is 5.10 Å². The molecule has 1 N–H and O–H groups in total. The van der Waals surface area contributed by atoms with E-state index in [1.54, 1.807) is 0 Å². The van der Waals surface area contributed by atoms with Crippen molar-refractivity contribution in [1.29, 1.82) is 0 Å². The molecule has 0 saturated carbocycles. The highest BCUT2D eigenvalue weighted by Crippen LogP contribution is 2.40. The Kier molecular flexibility index (Phi) is 5.88. The number of allylic oxidation sites excluding steroid dienone is 2. The van der Waals surface area contributed by atoms with Crippen LogP contribution in [0.25, 0.3) is 0 Å². The van der Waals surface area contributed by atoms with Crippen LogP contribution < -0.4 is 5.43 Å². The number of hydrogen-bond acceptors (Lipinski definition) is 4. The summed E-state index contributed by atoms with van der Waals surface area (Å²) in [6.07, 6.45) is 8.33. The van der Waals surface area contributed by atoms with Crippen LogP contribution in [0.2, 0.25) is 0 Å². The number of hydrazone groups is 1. The van der Waals surface area contributed by atoms with Gasteiger partial charge in [0.05, 0.1) is 5.71 Å². The molecule has 27 heavy (non-hydrogen) atoms. The fraction of sp³-hybridized carbons (Fsp3) is 0.545. The van der Waals surface area contributed by atoms with Gasteiger partial charge < -0.3 is 15.1 Å². The summed E-state index contributed by atoms with van der Waals surface area (Å²) in [6, 6.07) is 9.82. The van der Waals surface area contributed by atoms with Crippen molar-refractivity contribution in [1.82, 2.24) is 10.3 Å². The highest BCUT2D eigenvalue weighted by Gasteiger charge is 2.36. The van der Waals surface area contributed by atoms with Gasteiger partial charge in [-0.15, -0.1) is 0 Å². The molecule has 1 aromatic carbocycles. The van der Waals surface area contributed by atoms with Crippen LogP contribution in [0.15, 0.2) is 47.6 Å². The van der Waals surface area contributed by atoms with Crippen LogP contribution in [-0.4, -0.2) is 35.3 Å². The maximum atomic E-state index is 12.3. The van der Waals surface area contributed by atoms with Gasteiger partial charge in [0.25, 0.3) is 0 Å². The number of nitrogens with one attached hydrogen (secondary N) is 1. The van der Waals surface area contributed by atoms with Crippen LogP contribution in [0.4, 0.5) is 4.79 Å². The molecule has 0 bridgehead atoms. The Hall–Kier alpha value is -2.30. The number of piperidine rings is 1. The number of carbonyl (C=O) groups excluding carboxylic acids is 1. The summed E-state index contributed by atoms with van der Waals surface area (Å²) in [5.74, 6) is 0. The highest BCUT2D eigenvalue weighted by atomic mass is 16.6. The van der Waals surface area contributed by atoms with E-state index >= 15 is 0 Å². The SMILES string of the molecule is CC(C)(C)N/N=C1/C=CC2(CC1)CCN(C(=O)OCc1ccccc1)CC2. The van der Waals surface area contributed by atoms with Crippen molar-refractivity contribution in [2.24, 2.45) is 10.5 Å². The molecule has 1 aromatic rings. The Morgan fingerprint density at radius 3 is 2.48 bits per heavy atom. The molecule has 5 heteroatoms. The molecule has 0 aromatic heterocycles. The molecule has 2 aliphatic rings. The lowest BCUT2D eigenvalue weighted by Crippen LogP contribution is -2.43. The lowest BCUT2D eigenvalue weighted by molar-refractivity contribution is 0.0707. The Bertz CT molecular complexity index is 696. The van der Waals surface area contributed by atoms with Gasteiger partial charge in [-0.05, 0) is 63.5 Å². The first-order chi connectivity index (χ1) is 12.9. The zero-order valence-corrected chi connectivity index (χ0v) is 16.7. The highest BCUT2D eigenvalue weighted by molar-refractivity contribution is 5.95. The third kappa shape index (κ3) is 5.59. The molecule has 1 aliphatic carbocycles. The number of amides is 1. The smallest absolute Gasteiger partial charge is 0.410 e. The summed E-state index contributed by atoms with van der Waals surface area (Å²) in [4.78, 5) is 14.2. The zero-order valence-electron chi connectivity index (χ0n) is 16.7. The van der Waals surface area contributed by atoms with Crippen molar-refractivity contribution in [2.45, 2.75) is 58.6 Å². The Balaban J connectivity index is 1.48. The number of nitrogens with zero attached hydrogens (tertiary/aromatic N) is 2. The summed E-state index contributed by atoms with van der Waals surface area (Å²) >= 11 is 0. The monoisotopic (exact) mass is 369 g/mol. The minimum absolute atomic E-state index is 0.0125. The minimum Gasteiger partial charge on any atom is -0.445 e. The maximum Gasteiger partial charge on any atom is 0.410 e. The quantitative estimate of drug-likeness (QED) is 0.798. The van der Waals surface area contributed by atoms with E-state index in [-0.39, 0.29) is 17.0 Å². The van der Waals surface area contributed by atoms with E-state index in [1.807, 2.05) is 35.2 Å². The van der Waals surface area contributed by atoms with Crippen LogP contribution >= 0.6 is 0 Å². The lowest BCUT2D eigenvalue weighted by atomic mass is 9.71. The molecule has 1 aliphatic heterocycles. The molecule has 1 spiro atoms. The van der Waals surface area contributed by atoms with Gasteiger partial charge >= 0.3 is 6.09 Å². The molecule has 0 radical (unpaired) electrons. The van der Waals surface area contributed by atoms with Gasteiger partial charge in [-0.25, -0.2) is 4.79 Å². The molecule has 146 valence electrons. The Morgan fingerprint density at radius 1 is 1.19 bits per heavy atom. The fourth-order valence-electron chi connectivity index (χ4n) is 3.51. The van der Waals surface area contributed by atoms with Gasteiger partial charge in [-0.1, -0.05) is 36.4 Å². The molecular formula is C22H31N3O2. The average molecular weight is 370 g/mol. The van der Waals surface area contributed by atoms with E-state index in [9.17, 15) is 4.79 Å². The van der Waals surface area contributed by atoms with E-state index in [1.165, 1.54) is 0 Å². The first-order valence-corrected chi connectivity index (χ1v) is 9.84. The van der Waals surface area contributed by atoms with Crippen LogP contribution in [0.1, 0.15) is 52.0 Å². The van der Waals surface area contributed by atoms with Crippen LogP contribution in [0.3, 0.4) is 0 Å². The number of likely N-dealkylation sites (tertiary alicyclic amines) is 1. The lowest BCUT2D eigenvalue weighted by Gasteiger charge is -2.41. The number of rotatable bonds is 3. The maximum absolute atomic E-state index is 12.3. The van der Waals surface area contributed by atoms with E-state index in [2.05, 4.69) is 43.5 Å². The number of hydrogen-bond donors (Lipinski definition) is 1. The minimum atomic E-state index is -0.204. The second kappa shape index (κ2) is 8.15. The Morgan fingerprint density at radius 2 is 1.89 bits per heavy atom. The molecule has 1 heterocycles. The number of benzene rings is 1. The number of ether oxygens (including phenoxy) is 1. The van der Waals surface area contributed by atoms with Crippen molar-refractivity contribution in [3.63, 3.8) is 0 Å². The summed E-state index contributed by atoms with van der Waals surface area (Å²) in [5, 5.41) is 4.52. The standard InChI is InChI=1S/C22H31N3O2/c1-21(2,3)24-23-19-9-11-22(12-10-19)13-15-25(16-14-22)20(26)27-17-18-7-5-4-6-8-18/h4-9,11,24H,10,12-17H2,1-3H3/b23-19-. The van der Waals surface area contributed by atoms with E-state index in [0.717, 1.165) is 50.0 Å². The van der Waals surface area contributed by atoms with Gasteiger partial charge in [-0.3, -0.25) is 0 Å². The molecule has 3 rings (SSSR count). The van der Waals surface area contributed by atoms with Crippen molar-refractivity contribution in [3.8, 4) is 0 Å². The van der Waals surface area contributed by atoms with Crippen LogP contribution in [0.5, 0.6) is 0 Å². The molecule has 5 nitrogen and oxygen atoms in total. The summed E-state index contributed by atoms with van der Waals surface area (Å²) in [6.45, 7) is 8.17. The summed E-state index contributed by atoms with van der Waals surface area (Å²) in [5.41, 5.74) is 5.52. The summed E-state index contributed by atoms with van der Waals surface area (Å²) in [7, 11) is 0. The molecule has 1 saturated heterocycles. The average Bonchev–Trinajstić information content (AvgIpc) is 2.66. The van der Waals surface area contributed by atoms with Crippen LogP contribution in [0, 0.1) is 5.41 Å². The van der Waals surface area contributed by atoms with E-state index in [0.29, 0.717) is 6.61 Å². The molecule has 0 unspecified atom stereocenters. The largest absolute Gasteiger partial charge is 0.445 e.